The van der Waals surface area contributed by atoms with Crippen molar-refractivity contribution in [1.29, 1.82) is 0 Å². The van der Waals surface area contributed by atoms with Crippen molar-refractivity contribution in [1.82, 2.24) is 14.9 Å². The molecule has 8 nitrogen and oxygen atoms in total. The van der Waals surface area contributed by atoms with Crippen LogP contribution in [-0.4, -0.2) is 26.0 Å². The van der Waals surface area contributed by atoms with Gasteiger partial charge in [-0.3, -0.25) is 10.1 Å². The van der Waals surface area contributed by atoms with Gasteiger partial charge in [0.15, 0.2) is 5.82 Å². The quantitative estimate of drug-likeness (QED) is 0.267. The molecule has 0 aliphatic rings. The normalized spacial score (nSPS) is 11.1. The molecule has 0 radical (unpaired) electrons. The van der Waals surface area contributed by atoms with E-state index in [4.69, 9.17) is 17.0 Å². The molecule has 0 bridgehead atoms. The van der Waals surface area contributed by atoms with Crippen molar-refractivity contribution in [3.63, 3.8) is 0 Å². The third kappa shape index (κ3) is 4.57. The van der Waals surface area contributed by atoms with Crippen LogP contribution < -0.4 is 4.74 Å². The molecule has 150 valence electrons. The Kier molecular flexibility index (Phi) is 6.18. The van der Waals surface area contributed by atoms with Gasteiger partial charge in [0.25, 0.3) is 5.69 Å². The van der Waals surface area contributed by atoms with Gasteiger partial charge in [0.1, 0.15) is 12.4 Å². The molecule has 0 unspecified atom stereocenters. The van der Waals surface area contributed by atoms with Gasteiger partial charge in [0.2, 0.25) is 4.77 Å². The zero-order valence-corrected chi connectivity index (χ0v) is 17.2. The highest BCUT2D eigenvalue weighted by Crippen LogP contribution is 2.23. The van der Waals surface area contributed by atoms with Gasteiger partial charge in [-0.2, -0.15) is 14.9 Å². The number of H-pyrrole nitrogens is 1. The lowest BCUT2D eigenvalue weighted by atomic mass is 10.1. The van der Waals surface area contributed by atoms with E-state index in [9.17, 15) is 10.1 Å². The van der Waals surface area contributed by atoms with Crippen molar-refractivity contribution in [2.45, 2.75) is 33.8 Å². The van der Waals surface area contributed by atoms with Crippen LogP contribution in [0.4, 0.5) is 5.69 Å². The van der Waals surface area contributed by atoms with Crippen molar-refractivity contribution < 1.29 is 9.66 Å². The van der Waals surface area contributed by atoms with E-state index in [1.165, 1.54) is 17.0 Å². The zero-order valence-electron chi connectivity index (χ0n) is 16.4. The number of nitrogens with zero attached hydrogens (tertiary/aromatic N) is 4. The second kappa shape index (κ2) is 8.78. The van der Waals surface area contributed by atoms with Gasteiger partial charge in [-0.15, -0.1) is 0 Å². The Labute approximate surface area is 173 Å². The number of benzene rings is 2. The maximum atomic E-state index is 11.3. The van der Waals surface area contributed by atoms with E-state index < -0.39 is 0 Å². The molecule has 0 saturated carbocycles. The fraction of sp³-hybridized carbons (Fsp3) is 0.250. The van der Waals surface area contributed by atoms with Crippen LogP contribution in [0.15, 0.2) is 41.5 Å². The van der Waals surface area contributed by atoms with Crippen LogP contribution in [-0.2, 0) is 13.0 Å². The van der Waals surface area contributed by atoms with Gasteiger partial charge in [-0.05, 0) is 43.6 Å². The summed E-state index contributed by atoms with van der Waals surface area (Å²) in [6.45, 7) is 6.00. The molecule has 9 heteroatoms. The molecule has 0 aliphatic carbocycles. The van der Waals surface area contributed by atoms with Crippen molar-refractivity contribution in [2.24, 2.45) is 5.10 Å². The molecule has 3 aromatic rings. The number of hydrogen-bond donors (Lipinski definition) is 1. The highest BCUT2D eigenvalue weighted by Gasteiger charge is 2.13. The lowest BCUT2D eigenvalue weighted by Gasteiger charge is -2.11. The molecule has 2 aromatic carbocycles. The summed E-state index contributed by atoms with van der Waals surface area (Å²) < 4.78 is 7.68. The number of nitro groups is 1. The van der Waals surface area contributed by atoms with Crippen LogP contribution in [0.3, 0.4) is 0 Å². The number of nitrogens with one attached hydrogen (secondary N) is 1. The molecule has 0 fully saturated rings. The summed E-state index contributed by atoms with van der Waals surface area (Å²) in [5, 5.41) is 22.5. The summed E-state index contributed by atoms with van der Waals surface area (Å²) in [5.74, 6) is 1.29. The monoisotopic (exact) mass is 411 g/mol. The first-order chi connectivity index (χ1) is 13.9. The van der Waals surface area contributed by atoms with Crippen molar-refractivity contribution in [2.75, 3.05) is 0 Å². The van der Waals surface area contributed by atoms with E-state index >= 15 is 0 Å². The summed E-state index contributed by atoms with van der Waals surface area (Å²) in [6.07, 6.45) is 2.10. The van der Waals surface area contributed by atoms with Crippen molar-refractivity contribution in [3.8, 4) is 5.75 Å². The van der Waals surface area contributed by atoms with Gasteiger partial charge in [0, 0.05) is 17.2 Å². The van der Waals surface area contributed by atoms with E-state index in [1.807, 2.05) is 39.0 Å². The van der Waals surface area contributed by atoms with Gasteiger partial charge in [-0.1, -0.05) is 37.3 Å². The third-order valence-electron chi connectivity index (χ3n) is 4.48. The Bertz CT molecular complexity index is 1110. The van der Waals surface area contributed by atoms with E-state index in [-0.39, 0.29) is 17.2 Å². The lowest BCUT2D eigenvalue weighted by molar-refractivity contribution is -0.385. The zero-order chi connectivity index (χ0) is 21.0. The predicted molar refractivity (Wildman–Crippen MR) is 113 cm³/mol. The minimum Gasteiger partial charge on any atom is -0.485 e. The Hall–Kier alpha value is -3.33. The van der Waals surface area contributed by atoms with Crippen molar-refractivity contribution >= 4 is 24.1 Å². The van der Waals surface area contributed by atoms with E-state index in [0.29, 0.717) is 28.1 Å². The van der Waals surface area contributed by atoms with Gasteiger partial charge < -0.3 is 4.74 Å². The molecule has 3 rings (SSSR count). The number of hydrogen-bond acceptors (Lipinski definition) is 6. The fourth-order valence-corrected chi connectivity index (χ4v) is 3.15. The van der Waals surface area contributed by atoms with Gasteiger partial charge >= 0.3 is 0 Å². The van der Waals surface area contributed by atoms with Crippen molar-refractivity contribution in [3.05, 3.63) is 79.4 Å². The molecule has 29 heavy (non-hydrogen) atoms. The molecular formula is C20H21N5O3S. The average molecular weight is 411 g/mol. The number of aromatic amines is 1. The minimum atomic E-state index is -0.385. The maximum Gasteiger partial charge on any atom is 0.273 e. The maximum absolute atomic E-state index is 11.3. The third-order valence-corrected chi connectivity index (χ3v) is 4.75. The smallest absolute Gasteiger partial charge is 0.273 e. The summed E-state index contributed by atoms with van der Waals surface area (Å²) in [7, 11) is 0. The Morgan fingerprint density at radius 2 is 2.03 bits per heavy atom. The van der Waals surface area contributed by atoms with Crippen LogP contribution >= 0.6 is 12.2 Å². The molecule has 0 saturated heterocycles. The molecule has 1 heterocycles. The molecule has 0 aliphatic heterocycles. The van der Waals surface area contributed by atoms with Crippen LogP contribution in [0.1, 0.15) is 35.0 Å². The molecular weight excluding hydrogens is 390 g/mol. The largest absolute Gasteiger partial charge is 0.485 e. The molecule has 1 N–H and O–H groups in total. The lowest BCUT2D eigenvalue weighted by Crippen LogP contribution is -2.06. The number of nitro benzene ring substituents is 1. The standard InChI is InChI=1S/C20H21N5O3S/c1-4-16-9-8-15(10-17(16)25(26)27)11-21-24-18(22-23-20(24)29)12-28-19-13(2)6-5-7-14(19)3/h5-11H,4,12H2,1-3H3,(H,23,29)/b21-11-. The predicted octanol–water partition coefficient (Wildman–Crippen LogP) is 4.49. The van der Waals surface area contributed by atoms with Crippen LogP contribution in [0, 0.1) is 28.7 Å². The van der Waals surface area contributed by atoms with E-state index in [2.05, 4.69) is 15.3 Å². The van der Waals surface area contributed by atoms with Gasteiger partial charge in [0.05, 0.1) is 11.1 Å². The van der Waals surface area contributed by atoms with Crippen LogP contribution in [0.25, 0.3) is 0 Å². The first kappa shape index (κ1) is 20.4. The molecule has 0 amide bonds. The Morgan fingerprint density at radius 1 is 1.31 bits per heavy atom. The summed E-state index contributed by atoms with van der Waals surface area (Å²) in [4.78, 5) is 10.9. The highest BCUT2D eigenvalue weighted by atomic mass is 32.1. The first-order valence-corrected chi connectivity index (χ1v) is 9.48. The van der Waals surface area contributed by atoms with Gasteiger partial charge in [-0.25, -0.2) is 5.10 Å². The van der Waals surface area contributed by atoms with Crippen LogP contribution in [0.2, 0.25) is 0 Å². The molecule has 1 aromatic heterocycles. The average Bonchev–Trinajstić information content (AvgIpc) is 3.05. The molecule has 0 spiro atoms. The Balaban J connectivity index is 1.84. The summed E-state index contributed by atoms with van der Waals surface area (Å²) >= 11 is 5.24. The summed E-state index contributed by atoms with van der Waals surface area (Å²) in [6, 6.07) is 10.9. The fourth-order valence-electron chi connectivity index (χ4n) is 2.95. The first-order valence-electron chi connectivity index (χ1n) is 9.07. The second-order valence-electron chi connectivity index (χ2n) is 6.51. The number of aromatic nitrogens is 3. The van der Waals surface area contributed by atoms with E-state index in [1.54, 1.807) is 12.1 Å². The van der Waals surface area contributed by atoms with Crippen LogP contribution in [0.5, 0.6) is 5.75 Å². The second-order valence-corrected chi connectivity index (χ2v) is 6.90. The Morgan fingerprint density at radius 3 is 2.69 bits per heavy atom. The topological polar surface area (TPSA) is 98.3 Å². The highest BCUT2D eigenvalue weighted by molar-refractivity contribution is 7.71. The minimum absolute atomic E-state index is 0.0748. The molecule has 0 atom stereocenters. The SMILES string of the molecule is CCc1ccc(/C=N\n2c(COc3c(C)cccc3C)n[nH]c2=S)cc1[N+](=O)[O-]. The number of ether oxygens (including phenoxy) is 1. The number of rotatable bonds is 7. The number of para-hydroxylation sites is 1. The number of aryl methyl sites for hydroxylation is 3. The van der Waals surface area contributed by atoms with E-state index in [0.717, 1.165) is 16.9 Å². The summed E-state index contributed by atoms with van der Waals surface area (Å²) in [5.41, 5.74) is 3.40.